The van der Waals surface area contributed by atoms with Crippen molar-refractivity contribution in [3.8, 4) is 5.75 Å². The Hall–Kier alpha value is -1.76. The largest absolute Gasteiger partial charge is 0.573 e. The molecule has 0 spiro atoms. The Bertz CT molecular complexity index is 473. The number of hydrogen-bond acceptors (Lipinski definition) is 3. The van der Waals surface area contributed by atoms with Crippen LogP contribution in [0.25, 0.3) is 0 Å². The molecule has 0 bridgehead atoms. The molecule has 1 aliphatic carbocycles. The number of hydrogen-bond donors (Lipinski definition) is 2. The molecule has 1 aromatic rings. The number of carbonyl (C=O) groups is 1. The van der Waals surface area contributed by atoms with Crippen LogP contribution in [0, 0.1) is 5.92 Å². The van der Waals surface area contributed by atoms with Gasteiger partial charge >= 0.3 is 6.36 Å². The normalized spacial score (nSPS) is 22.6. The summed E-state index contributed by atoms with van der Waals surface area (Å²) in [6.45, 7) is 0. The van der Waals surface area contributed by atoms with Gasteiger partial charge in [-0.3, -0.25) is 4.79 Å². The summed E-state index contributed by atoms with van der Waals surface area (Å²) in [7, 11) is 0. The maximum absolute atomic E-state index is 12.0. The van der Waals surface area contributed by atoms with Gasteiger partial charge in [-0.05, 0) is 43.5 Å². The lowest BCUT2D eigenvalue weighted by atomic mass is 10.1. The number of halogens is 3. The summed E-state index contributed by atoms with van der Waals surface area (Å²) in [4.78, 5) is 11.9. The first kappa shape index (κ1) is 14.6. The molecule has 2 rings (SSSR count). The van der Waals surface area contributed by atoms with Crippen LogP contribution in [0.15, 0.2) is 24.3 Å². The predicted octanol–water partition coefficient (Wildman–Crippen LogP) is 2.65. The molecule has 3 N–H and O–H groups in total. The highest BCUT2D eigenvalue weighted by Crippen LogP contribution is 2.27. The van der Waals surface area contributed by atoms with Gasteiger partial charge < -0.3 is 15.8 Å². The van der Waals surface area contributed by atoms with Crippen LogP contribution in [0.5, 0.6) is 5.75 Å². The SMILES string of the molecule is NC1CCC(C(=O)Nc2ccc(OC(F)(F)F)cc2)C1. The molecule has 0 aliphatic heterocycles. The smallest absolute Gasteiger partial charge is 0.406 e. The van der Waals surface area contributed by atoms with Crippen molar-refractivity contribution in [2.45, 2.75) is 31.7 Å². The molecule has 0 saturated heterocycles. The van der Waals surface area contributed by atoms with E-state index in [1.54, 1.807) is 0 Å². The molecule has 1 amide bonds. The third-order valence-electron chi connectivity index (χ3n) is 3.20. The quantitative estimate of drug-likeness (QED) is 0.898. The molecule has 7 heteroatoms. The van der Waals surface area contributed by atoms with E-state index in [0.717, 1.165) is 25.0 Å². The van der Waals surface area contributed by atoms with Crippen LogP contribution in [0.4, 0.5) is 18.9 Å². The second kappa shape index (κ2) is 5.70. The average molecular weight is 288 g/mol. The number of carbonyl (C=O) groups excluding carboxylic acids is 1. The Labute approximate surface area is 114 Å². The Morgan fingerprint density at radius 1 is 1.25 bits per heavy atom. The first-order valence-corrected chi connectivity index (χ1v) is 6.26. The van der Waals surface area contributed by atoms with E-state index in [0.29, 0.717) is 12.1 Å². The Morgan fingerprint density at radius 2 is 1.90 bits per heavy atom. The van der Waals surface area contributed by atoms with Gasteiger partial charge in [-0.2, -0.15) is 0 Å². The van der Waals surface area contributed by atoms with Crippen molar-refractivity contribution in [3.05, 3.63) is 24.3 Å². The molecule has 4 nitrogen and oxygen atoms in total. The van der Waals surface area contributed by atoms with E-state index in [1.165, 1.54) is 12.1 Å². The minimum atomic E-state index is -4.72. The van der Waals surface area contributed by atoms with E-state index in [2.05, 4.69) is 10.1 Å². The van der Waals surface area contributed by atoms with Gasteiger partial charge in [-0.25, -0.2) is 0 Å². The van der Waals surface area contributed by atoms with Gasteiger partial charge in [0, 0.05) is 17.6 Å². The van der Waals surface area contributed by atoms with Crippen LogP contribution in [-0.4, -0.2) is 18.3 Å². The van der Waals surface area contributed by atoms with Crippen molar-refractivity contribution in [2.24, 2.45) is 11.7 Å². The van der Waals surface area contributed by atoms with E-state index in [4.69, 9.17) is 5.73 Å². The van der Waals surface area contributed by atoms with E-state index in [1.807, 2.05) is 0 Å². The molecule has 1 aliphatic rings. The number of rotatable bonds is 3. The van der Waals surface area contributed by atoms with Gasteiger partial charge in [0.15, 0.2) is 0 Å². The Morgan fingerprint density at radius 3 is 2.40 bits per heavy atom. The maximum Gasteiger partial charge on any atom is 0.573 e. The van der Waals surface area contributed by atoms with Crippen LogP contribution in [0.2, 0.25) is 0 Å². The predicted molar refractivity (Wildman–Crippen MR) is 67.1 cm³/mol. The van der Waals surface area contributed by atoms with Crippen molar-refractivity contribution in [1.82, 2.24) is 0 Å². The zero-order valence-electron chi connectivity index (χ0n) is 10.6. The molecule has 110 valence electrons. The van der Waals surface area contributed by atoms with E-state index in [-0.39, 0.29) is 23.6 Å². The number of benzene rings is 1. The van der Waals surface area contributed by atoms with Crippen LogP contribution < -0.4 is 15.8 Å². The minimum Gasteiger partial charge on any atom is -0.406 e. The zero-order valence-corrected chi connectivity index (χ0v) is 10.6. The molecule has 20 heavy (non-hydrogen) atoms. The monoisotopic (exact) mass is 288 g/mol. The van der Waals surface area contributed by atoms with Crippen molar-refractivity contribution in [2.75, 3.05) is 5.32 Å². The third kappa shape index (κ3) is 4.12. The Balaban J connectivity index is 1.92. The number of alkyl halides is 3. The van der Waals surface area contributed by atoms with Crippen LogP contribution >= 0.6 is 0 Å². The minimum absolute atomic E-state index is 0.0494. The summed E-state index contributed by atoms with van der Waals surface area (Å²) < 4.78 is 39.7. The topological polar surface area (TPSA) is 64.4 Å². The number of nitrogens with two attached hydrogens (primary N) is 1. The van der Waals surface area contributed by atoms with Gasteiger partial charge in [0.05, 0.1) is 0 Å². The van der Waals surface area contributed by atoms with E-state index in [9.17, 15) is 18.0 Å². The maximum atomic E-state index is 12.0. The van der Waals surface area contributed by atoms with Gasteiger partial charge in [0.2, 0.25) is 5.91 Å². The highest BCUT2D eigenvalue weighted by molar-refractivity contribution is 5.92. The molecule has 0 aromatic heterocycles. The fourth-order valence-electron chi connectivity index (χ4n) is 2.24. The van der Waals surface area contributed by atoms with Crippen LogP contribution in [-0.2, 0) is 4.79 Å². The van der Waals surface area contributed by atoms with Gasteiger partial charge in [-0.15, -0.1) is 13.2 Å². The number of ether oxygens (including phenoxy) is 1. The molecule has 1 aromatic carbocycles. The zero-order chi connectivity index (χ0) is 14.8. The summed E-state index contributed by atoms with van der Waals surface area (Å²) in [6, 6.07) is 5.10. The van der Waals surface area contributed by atoms with Crippen molar-refractivity contribution >= 4 is 11.6 Å². The summed E-state index contributed by atoms with van der Waals surface area (Å²) in [5.74, 6) is -0.600. The molecule has 2 unspecified atom stereocenters. The van der Waals surface area contributed by atoms with Crippen molar-refractivity contribution in [3.63, 3.8) is 0 Å². The summed E-state index contributed by atoms with van der Waals surface area (Å²) in [5.41, 5.74) is 6.17. The van der Waals surface area contributed by atoms with Gasteiger partial charge in [0.25, 0.3) is 0 Å². The standard InChI is InChI=1S/C13H15F3N2O2/c14-13(15,16)20-11-5-3-10(4-6-11)18-12(19)8-1-2-9(17)7-8/h3-6,8-9H,1-2,7,17H2,(H,18,19). The fraction of sp³-hybridized carbons (Fsp3) is 0.462. The summed E-state index contributed by atoms with van der Waals surface area (Å²) >= 11 is 0. The van der Waals surface area contributed by atoms with E-state index >= 15 is 0 Å². The van der Waals surface area contributed by atoms with Crippen LogP contribution in [0.3, 0.4) is 0 Å². The van der Waals surface area contributed by atoms with E-state index < -0.39 is 6.36 Å². The molecule has 1 fully saturated rings. The molecule has 0 radical (unpaired) electrons. The number of anilines is 1. The molecule has 0 heterocycles. The average Bonchev–Trinajstić information content (AvgIpc) is 2.77. The van der Waals surface area contributed by atoms with Gasteiger partial charge in [-0.1, -0.05) is 0 Å². The lowest BCUT2D eigenvalue weighted by Crippen LogP contribution is -2.23. The first-order valence-electron chi connectivity index (χ1n) is 6.26. The first-order chi connectivity index (χ1) is 9.33. The molecule has 2 atom stereocenters. The highest BCUT2D eigenvalue weighted by atomic mass is 19.4. The molecule has 1 saturated carbocycles. The second-order valence-corrected chi connectivity index (χ2v) is 4.83. The summed E-state index contributed by atoms with van der Waals surface area (Å²) in [6.07, 6.45) is -2.52. The van der Waals surface area contributed by atoms with Crippen LogP contribution in [0.1, 0.15) is 19.3 Å². The molecular formula is C13H15F3N2O2. The second-order valence-electron chi connectivity index (χ2n) is 4.83. The van der Waals surface area contributed by atoms with Gasteiger partial charge in [0.1, 0.15) is 5.75 Å². The number of amides is 1. The number of nitrogens with one attached hydrogen (secondary N) is 1. The Kier molecular flexibility index (Phi) is 4.17. The summed E-state index contributed by atoms with van der Waals surface area (Å²) in [5, 5.41) is 2.66. The lowest BCUT2D eigenvalue weighted by molar-refractivity contribution is -0.274. The highest BCUT2D eigenvalue weighted by Gasteiger charge is 2.31. The third-order valence-corrected chi connectivity index (χ3v) is 3.20. The fourth-order valence-corrected chi connectivity index (χ4v) is 2.24. The lowest BCUT2D eigenvalue weighted by Gasteiger charge is -2.12. The van der Waals surface area contributed by atoms with Crippen molar-refractivity contribution in [1.29, 1.82) is 0 Å². The molecular weight excluding hydrogens is 273 g/mol. The van der Waals surface area contributed by atoms with Crippen molar-refractivity contribution < 1.29 is 22.7 Å².